The molecule has 0 aliphatic carbocycles. The van der Waals surface area contributed by atoms with Gasteiger partial charge in [-0.15, -0.1) is 0 Å². The molecule has 1 unspecified atom stereocenters. The Hall–Kier alpha value is -1.55. The van der Waals surface area contributed by atoms with Crippen LogP contribution in [0.25, 0.3) is 0 Å². The van der Waals surface area contributed by atoms with Crippen LogP contribution >= 0.6 is 0 Å². The van der Waals surface area contributed by atoms with Crippen molar-refractivity contribution in [2.75, 3.05) is 18.5 Å². The lowest BCUT2D eigenvalue weighted by Crippen LogP contribution is -2.29. The number of anilines is 1. The lowest BCUT2D eigenvalue weighted by atomic mass is 10.0. The highest BCUT2D eigenvalue weighted by atomic mass is 16.5. The monoisotopic (exact) mass is 264 g/mol. The van der Waals surface area contributed by atoms with Crippen LogP contribution < -0.4 is 15.8 Å². The lowest BCUT2D eigenvalue weighted by molar-refractivity contribution is -0.119. The third kappa shape index (κ3) is 4.56. The fourth-order valence-corrected chi connectivity index (χ4v) is 1.95. The number of carbonyl (C=O) groups excluding carboxylic acids is 1. The summed E-state index contributed by atoms with van der Waals surface area (Å²) in [5.41, 5.74) is 7.46. The first kappa shape index (κ1) is 15.5. The van der Waals surface area contributed by atoms with Gasteiger partial charge in [-0.1, -0.05) is 19.4 Å². The fraction of sp³-hybridized carbons (Fsp3) is 0.533. The lowest BCUT2D eigenvalue weighted by Gasteiger charge is -2.16. The van der Waals surface area contributed by atoms with Crippen LogP contribution in [0.1, 0.15) is 32.3 Å². The molecule has 19 heavy (non-hydrogen) atoms. The van der Waals surface area contributed by atoms with E-state index in [2.05, 4.69) is 5.32 Å². The Bertz CT molecular complexity index is 419. The molecule has 4 heteroatoms. The van der Waals surface area contributed by atoms with Crippen molar-refractivity contribution in [3.63, 3.8) is 0 Å². The van der Waals surface area contributed by atoms with E-state index in [-0.39, 0.29) is 11.8 Å². The van der Waals surface area contributed by atoms with Gasteiger partial charge in [-0.2, -0.15) is 0 Å². The molecule has 0 fully saturated rings. The minimum Gasteiger partial charge on any atom is -0.492 e. The van der Waals surface area contributed by atoms with Crippen LogP contribution in [0, 0.1) is 12.8 Å². The van der Waals surface area contributed by atoms with Crippen LogP contribution in [0.2, 0.25) is 0 Å². The zero-order valence-corrected chi connectivity index (χ0v) is 12.0. The molecule has 0 aliphatic heterocycles. The van der Waals surface area contributed by atoms with E-state index < -0.39 is 0 Å². The van der Waals surface area contributed by atoms with E-state index in [9.17, 15) is 4.79 Å². The quantitative estimate of drug-likeness (QED) is 0.796. The summed E-state index contributed by atoms with van der Waals surface area (Å²) in [6, 6.07) is 5.75. The first-order chi connectivity index (χ1) is 9.12. The number of amides is 1. The molecule has 0 aliphatic rings. The van der Waals surface area contributed by atoms with Crippen molar-refractivity contribution in [3.8, 4) is 5.75 Å². The Balaban J connectivity index is 2.83. The third-order valence-corrected chi connectivity index (χ3v) is 2.99. The van der Waals surface area contributed by atoms with Gasteiger partial charge in [-0.25, -0.2) is 0 Å². The van der Waals surface area contributed by atoms with Gasteiger partial charge in [0.05, 0.1) is 18.2 Å². The highest BCUT2D eigenvalue weighted by Crippen LogP contribution is 2.26. The highest BCUT2D eigenvalue weighted by molar-refractivity contribution is 5.94. The predicted molar refractivity (Wildman–Crippen MR) is 78.4 cm³/mol. The summed E-state index contributed by atoms with van der Waals surface area (Å²) in [5.74, 6) is 0.540. The van der Waals surface area contributed by atoms with Crippen molar-refractivity contribution in [1.82, 2.24) is 0 Å². The fourth-order valence-electron chi connectivity index (χ4n) is 1.95. The van der Waals surface area contributed by atoms with E-state index in [1.807, 2.05) is 39.0 Å². The standard InChI is InChI=1S/C15H24N2O2/c1-4-6-12(10-16)15(18)17-13-8-7-11(3)9-14(13)19-5-2/h7-9,12H,4-6,10,16H2,1-3H3,(H,17,18). The molecule has 1 aromatic carbocycles. The minimum atomic E-state index is -0.138. The molecule has 3 N–H and O–H groups in total. The predicted octanol–water partition coefficient (Wildman–Crippen LogP) is 2.71. The largest absolute Gasteiger partial charge is 0.492 e. The van der Waals surface area contributed by atoms with Crippen molar-refractivity contribution in [1.29, 1.82) is 0 Å². The normalized spacial score (nSPS) is 12.0. The molecule has 1 amide bonds. The molecule has 1 atom stereocenters. The highest BCUT2D eigenvalue weighted by Gasteiger charge is 2.17. The molecule has 0 spiro atoms. The van der Waals surface area contributed by atoms with Gasteiger partial charge in [0.25, 0.3) is 0 Å². The van der Waals surface area contributed by atoms with Crippen LogP contribution in [0.15, 0.2) is 18.2 Å². The average Bonchev–Trinajstić information content (AvgIpc) is 2.39. The second kappa shape index (κ2) is 7.79. The molecular formula is C15H24N2O2. The summed E-state index contributed by atoms with van der Waals surface area (Å²) in [4.78, 5) is 12.1. The van der Waals surface area contributed by atoms with Crippen molar-refractivity contribution in [2.45, 2.75) is 33.6 Å². The number of rotatable bonds is 7. The van der Waals surface area contributed by atoms with Gasteiger partial charge in [0.2, 0.25) is 5.91 Å². The number of carbonyl (C=O) groups is 1. The maximum Gasteiger partial charge on any atom is 0.228 e. The summed E-state index contributed by atoms with van der Waals surface area (Å²) in [5, 5.41) is 2.91. The van der Waals surface area contributed by atoms with Crippen molar-refractivity contribution in [3.05, 3.63) is 23.8 Å². The summed E-state index contributed by atoms with van der Waals surface area (Å²) in [6.45, 7) is 6.91. The third-order valence-electron chi connectivity index (χ3n) is 2.99. The maximum atomic E-state index is 12.1. The Labute approximate surface area is 115 Å². The maximum absolute atomic E-state index is 12.1. The number of ether oxygens (including phenoxy) is 1. The number of hydrogen-bond acceptors (Lipinski definition) is 3. The van der Waals surface area contributed by atoms with Crippen LogP contribution in [-0.4, -0.2) is 19.1 Å². The molecule has 0 radical (unpaired) electrons. The number of benzene rings is 1. The molecule has 0 aromatic heterocycles. The van der Waals surface area contributed by atoms with Gasteiger partial charge >= 0.3 is 0 Å². The van der Waals surface area contributed by atoms with Crippen molar-refractivity contribution >= 4 is 11.6 Å². The summed E-state index contributed by atoms with van der Waals surface area (Å²) in [7, 11) is 0. The van der Waals surface area contributed by atoms with E-state index >= 15 is 0 Å². The van der Waals surface area contributed by atoms with E-state index in [0.29, 0.717) is 24.6 Å². The Kier molecular flexibility index (Phi) is 6.36. The van der Waals surface area contributed by atoms with Gasteiger partial charge in [-0.3, -0.25) is 4.79 Å². The molecular weight excluding hydrogens is 240 g/mol. The molecule has 0 bridgehead atoms. The second-order valence-electron chi connectivity index (χ2n) is 4.64. The van der Waals surface area contributed by atoms with Gasteiger partial charge in [0, 0.05) is 6.54 Å². The van der Waals surface area contributed by atoms with Crippen molar-refractivity contribution < 1.29 is 9.53 Å². The van der Waals surface area contributed by atoms with Crippen LogP contribution in [0.3, 0.4) is 0 Å². The zero-order valence-electron chi connectivity index (χ0n) is 12.0. The molecule has 0 heterocycles. The van der Waals surface area contributed by atoms with Crippen LogP contribution in [-0.2, 0) is 4.79 Å². The molecule has 1 aromatic rings. The van der Waals surface area contributed by atoms with Crippen LogP contribution in [0.5, 0.6) is 5.75 Å². The first-order valence-electron chi connectivity index (χ1n) is 6.86. The number of nitrogens with one attached hydrogen (secondary N) is 1. The molecule has 0 saturated carbocycles. The summed E-state index contributed by atoms with van der Waals surface area (Å²) in [6.07, 6.45) is 1.75. The van der Waals surface area contributed by atoms with Crippen LogP contribution in [0.4, 0.5) is 5.69 Å². The number of aryl methyl sites for hydroxylation is 1. The van der Waals surface area contributed by atoms with Gasteiger partial charge in [-0.05, 0) is 38.0 Å². The van der Waals surface area contributed by atoms with E-state index in [1.165, 1.54) is 0 Å². The molecule has 4 nitrogen and oxygen atoms in total. The minimum absolute atomic E-state index is 0.0332. The van der Waals surface area contributed by atoms with Crippen molar-refractivity contribution in [2.24, 2.45) is 11.7 Å². The average molecular weight is 264 g/mol. The van der Waals surface area contributed by atoms with E-state index in [1.54, 1.807) is 0 Å². The molecule has 1 rings (SSSR count). The van der Waals surface area contributed by atoms with E-state index in [0.717, 1.165) is 18.4 Å². The van der Waals surface area contributed by atoms with E-state index in [4.69, 9.17) is 10.5 Å². The number of hydrogen-bond donors (Lipinski definition) is 2. The first-order valence-corrected chi connectivity index (χ1v) is 6.86. The second-order valence-corrected chi connectivity index (χ2v) is 4.64. The zero-order chi connectivity index (χ0) is 14.3. The SMILES string of the molecule is CCCC(CN)C(=O)Nc1ccc(C)cc1OCC. The topological polar surface area (TPSA) is 64.4 Å². The van der Waals surface area contributed by atoms with Gasteiger partial charge < -0.3 is 15.8 Å². The Morgan fingerprint density at radius 3 is 2.74 bits per heavy atom. The number of nitrogens with two attached hydrogens (primary N) is 1. The van der Waals surface area contributed by atoms with Gasteiger partial charge in [0.15, 0.2) is 0 Å². The smallest absolute Gasteiger partial charge is 0.228 e. The Morgan fingerprint density at radius 1 is 1.42 bits per heavy atom. The molecule has 0 saturated heterocycles. The molecule has 106 valence electrons. The summed E-state index contributed by atoms with van der Waals surface area (Å²) < 4.78 is 5.55. The summed E-state index contributed by atoms with van der Waals surface area (Å²) >= 11 is 0. The Morgan fingerprint density at radius 2 is 2.16 bits per heavy atom. The van der Waals surface area contributed by atoms with Gasteiger partial charge in [0.1, 0.15) is 5.75 Å².